The van der Waals surface area contributed by atoms with Gasteiger partial charge in [-0.25, -0.2) is 4.39 Å². The summed E-state index contributed by atoms with van der Waals surface area (Å²) in [5.41, 5.74) is 1.12. The minimum absolute atomic E-state index is 0.135. The van der Waals surface area contributed by atoms with Crippen molar-refractivity contribution in [2.45, 2.75) is 19.4 Å². The van der Waals surface area contributed by atoms with E-state index in [2.05, 4.69) is 5.32 Å². The number of halogens is 1. The molecule has 0 fully saturated rings. The molecule has 0 unspecified atom stereocenters. The molecule has 24 heavy (non-hydrogen) atoms. The maximum absolute atomic E-state index is 13.1. The third kappa shape index (κ3) is 4.65. The highest BCUT2D eigenvalue weighted by Gasteiger charge is 2.19. The third-order valence-corrected chi connectivity index (χ3v) is 3.22. The fraction of sp³-hybridized carbons (Fsp3) is 0.167. The zero-order chi connectivity index (χ0) is 17.5. The lowest BCUT2D eigenvalue weighted by atomic mass is 10.1. The van der Waals surface area contributed by atoms with Crippen LogP contribution < -0.4 is 5.32 Å². The van der Waals surface area contributed by atoms with E-state index >= 15 is 0 Å². The number of carbonyl (C=O) groups excluding carboxylic acids is 2. The SMILES string of the molecule is C[C@H](OC(=O)Cc1cccc(F)c1)C(=O)Nc1ccccc1C#N. The molecule has 0 aliphatic rings. The number of nitrogens with zero attached hydrogens (tertiary/aromatic N) is 1. The summed E-state index contributed by atoms with van der Waals surface area (Å²) in [6, 6.07) is 14.1. The molecule has 1 amide bonds. The molecular weight excluding hydrogens is 311 g/mol. The molecule has 1 atom stereocenters. The van der Waals surface area contributed by atoms with Crippen molar-refractivity contribution in [3.8, 4) is 6.07 Å². The van der Waals surface area contributed by atoms with Gasteiger partial charge in [-0.05, 0) is 36.8 Å². The number of esters is 1. The average Bonchev–Trinajstić information content (AvgIpc) is 2.55. The monoisotopic (exact) mass is 326 g/mol. The quantitative estimate of drug-likeness (QED) is 0.857. The van der Waals surface area contributed by atoms with Gasteiger partial charge in [0.05, 0.1) is 17.7 Å². The number of nitrogens with one attached hydrogen (secondary N) is 1. The van der Waals surface area contributed by atoms with E-state index in [1.165, 1.54) is 25.1 Å². The van der Waals surface area contributed by atoms with Gasteiger partial charge < -0.3 is 10.1 Å². The number of rotatable bonds is 5. The van der Waals surface area contributed by atoms with Gasteiger partial charge in [0.15, 0.2) is 6.10 Å². The molecule has 2 aromatic carbocycles. The van der Waals surface area contributed by atoms with Gasteiger partial charge in [0.1, 0.15) is 11.9 Å². The molecule has 0 radical (unpaired) electrons. The van der Waals surface area contributed by atoms with E-state index in [1.54, 1.807) is 30.3 Å². The molecule has 0 aliphatic heterocycles. The van der Waals surface area contributed by atoms with Gasteiger partial charge in [0, 0.05) is 0 Å². The summed E-state index contributed by atoms with van der Waals surface area (Å²) in [5, 5.41) is 11.5. The average molecular weight is 326 g/mol. The molecular formula is C18H15FN2O3. The van der Waals surface area contributed by atoms with Crippen LogP contribution in [0.5, 0.6) is 0 Å². The Hall–Kier alpha value is -3.20. The Balaban J connectivity index is 1.94. The van der Waals surface area contributed by atoms with E-state index in [4.69, 9.17) is 10.00 Å². The maximum Gasteiger partial charge on any atom is 0.311 e. The number of benzene rings is 2. The van der Waals surface area contributed by atoms with Crippen LogP contribution in [0.4, 0.5) is 10.1 Å². The number of para-hydroxylation sites is 1. The highest BCUT2D eigenvalue weighted by molar-refractivity contribution is 5.96. The minimum Gasteiger partial charge on any atom is -0.452 e. The molecule has 0 aromatic heterocycles. The predicted molar refractivity (Wildman–Crippen MR) is 85.4 cm³/mol. The molecule has 2 rings (SSSR count). The fourth-order valence-corrected chi connectivity index (χ4v) is 2.03. The van der Waals surface area contributed by atoms with Crippen LogP contribution >= 0.6 is 0 Å². The van der Waals surface area contributed by atoms with E-state index in [1.807, 2.05) is 6.07 Å². The van der Waals surface area contributed by atoms with Gasteiger partial charge in [-0.3, -0.25) is 9.59 Å². The first kappa shape index (κ1) is 17.2. The smallest absolute Gasteiger partial charge is 0.311 e. The van der Waals surface area contributed by atoms with E-state index in [-0.39, 0.29) is 6.42 Å². The van der Waals surface area contributed by atoms with Crippen molar-refractivity contribution in [3.63, 3.8) is 0 Å². The first-order valence-corrected chi connectivity index (χ1v) is 7.23. The summed E-state index contributed by atoms with van der Waals surface area (Å²) in [5.74, 6) is -1.64. The molecule has 6 heteroatoms. The molecule has 2 aromatic rings. The first-order valence-electron chi connectivity index (χ1n) is 7.23. The van der Waals surface area contributed by atoms with Crippen LogP contribution in [0.3, 0.4) is 0 Å². The van der Waals surface area contributed by atoms with E-state index in [0.29, 0.717) is 16.8 Å². The van der Waals surface area contributed by atoms with Crippen molar-refractivity contribution < 1.29 is 18.7 Å². The molecule has 5 nitrogen and oxygen atoms in total. The largest absolute Gasteiger partial charge is 0.452 e. The Labute approximate surface area is 138 Å². The van der Waals surface area contributed by atoms with Crippen molar-refractivity contribution in [3.05, 3.63) is 65.5 Å². The normalized spacial score (nSPS) is 11.2. The summed E-state index contributed by atoms with van der Waals surface area (Å²) >= 11 is 0. The second-order valence-corrected chi connectivity index (χ2v) is 5.09. The maximum atomic E-state index is 13.1. The van der Waals surface area contributed by atoms with Crippen molar-refractivity contribution in [2.24, 2.45) is 0 Å². The fourth-order valence-electron chi connectivity index (χ4n) is 2.03. The Bertz CT molecular complexity index is 799. The topological polar surface area (TPSA) is 79.2 Å². The highest BCUT2D eigenvalue weighted by Crippen LogP contribution is 2.14. The van der Waals surface area contributed by atoms with Crippen LogP contribution in [0.2, 0.25) is 0 Å². The molecule has 0 aliphatic carbocycles. The van der Waals surface area contributed by atoms with Gasteiger partial charge in [-0.1, -0.05) is 24.3 Å². The lowest BCUT2D eigenvalue weighted by molar-refractivity contribution is -0.152. The van der Waals surface area contributed by atoms with Crippen LogP contribution in [0.25, 0.3) is 0 Å². The van der Waals surface area contributed by atoms with Crippen molar-refractivity contribution in [1.29, 1.82) is 5.26 Å². The summed E-state index contributed by atoms with van der Waals surface area (Å²) in [7, 11) is 0. The Morgan fingerprint density at radius 1 is 1.25 bits per heavy atom. The minimum atomic E-state index is -1.04. The Morgan fingerprint density at radius 3 is 2.71 bits per heavy atom. The summed E-state index contributed by atoms with van der Waals surface area (Å²) < 4.78 is 18.1. The molecule has 122 valence electrons. The molecule has 0 spiro atoms. The number of hydrogen-bond donors (Lipinski definition) is 1. The summed E-state index contributed by atoms with van der Waals surface area (Å²) in [6.07, 6.45) is -1.18. The second-order valence-electron chi connectivity index (χ2n) is 5.09. The summed E-state index contributed by atoms with van der Waals surface area (Å²) in [4.78, 5) is 23.9. The lowest BCUT2D eigenvalue weighted by Crippen LogP contribution is -2.30. The van der Waals surface area contributed by atoms with Gasteiger partial charge in [-0.2, -0.15) is 5.26 Å². The van der Waals surface area contributed by atoms with Crippen LogP contribution in [-0.4, -0.2) is 18.0 Å². The number of carbonyl (C=O) groups is 2. The van der Waals surface area contributed by atoms with Crippen LogP contribution in [0.1, 0.15) is 18.1 Å². The van der Waals surface area contributed by atoms with Gasteiger partial charge in [0.25, 0.3) is 5.91 Å². The first-order chi connectivity index (χ1) is 11.5. The number of hydrogen-bond acceptors (Lipinski definition) is 4. The second kappa shape index (κ2) is 7.88. The number of ether oxygens (including phenoxy) is 1. The van der Waals surface area contributed by atoms with E-state index in [0.717, 1.165) is 0 Å². The van der Waals surface area contributed by atoms with Crippen molar-refractivity contribution in [2.75, 3.05) is 5.32 Å². The van der Waals surface area contributed by atoms with Gasteiger partial charge in [0.2, 0.25) is 0 Å². The zero-order valence-corrected chi connectivity index (χ0v) is 13.0. The van der Waals surface area contributed by atoms with Crippen molar-refractivity contribution in [1.82, 2.24) is 0 Å². The van der Waals surface area contributed by atoms with Crippen LogP contribution in [0, 0.1) is 17.1 Å². The summed E-state index contributed by atoms with van der Waals surface area (Å²) in [6.45, 7) is 1.42. The van der Waals surface area contributed by atoms with Crippen LogP contribution in [0.15, 0.2) is 48.5 Å². The highest BCUT2D eigenvalue weighted by atomic mass is 19.1. The Kier molecular flexibility index (Phi) is 5.63. The van der Waals surface area contributed by atoms with E-state index < -0.39 is 23.8 Å². The number of amides is 1. The standard InChI is InChI=1S/C18H15FN2O3/c1-12(18(23)21-16-8-3-2-6-14(16)11-20)24-17(22)10-13-5-4-7-15(19)9-13/h2-9,12H,10H2,1H3,(H,21,23)/t12-/m0/s1. The molecule has 0 heterocycles. The van der Waals surface area contributed by atoms with E-state index in [9.17, 15) is 14.0 Å². The Morgan fingerprint density at radius 2 is 2.00 bits per heavy atom. The van der Waals surface area contributed by atoms with Crippen molar-refractivity contribution >= 4 is 17.6 Å². The molecule has 0 saturated heterocycles. The predicted octanol–water partition coefficient (Wildman–Crippen LogP) is 2.81. The molecule has 1 N–H and O–H groups in total. The van der Waals surface area contributed by atoms with Gasteiger partial charge >= 0.3 is 5.97 Å². The number of nitriles is 1. The number of anilines is 1. The molecule has 0 saturated carbocycles. The van der Waals surface area contributed by atoms with Crippen LogP contribution in [-0.2, 0) is 20.7 Å². The van der Waals surface area contributed by atoms with Gasteiger partial charge in [-0.15, -0.1) is 0 Å². The third-order valence-electron chi connectivity index (χ3n) is 3.22. The zero-order valence-electron chi connectivity index (χ0n) is 13.0. The molecule has 0 bridgehead atoms. The lowest BCUT2D eigenvalue weighted by Gasteiger charge is -2.14.